The summed E-state index contributed by atoms with van der Waals surface area (Å²) < 4.78 is 4.74. The van der Waals surface area contributed by atoms with Crippen LogP contribution in [0.3, 0.4) is 0 Å². The van der Waals surface area contributed by atoms with Gasteiger partial charge in [0.1, 0.15) is 0 Å². The summed E-state index contributed by atoms with van der Waals surface area (Å²) in [6.07, 6.45) is -0.577. The van der Waals surface area contributed by atoms with E-state index in [4.69, 9.17) is 4.74 Å². The zero-order valence-electron chi connectivity index (χ0n) is 12.3. The Bertz CT molecular complexity index is 671. The number of ether oxygens (including phenoxy) is 1. The van der Waals surface area contributed by atoms with Gasteiger partial charge in [-0.1, -0.05) is 12.1 Å². The molecule has 1 heterocycles. The van der Waals surface area contributed by atoms with Crippen LogP contribution in [0.25, 0.3) is 0 Å². The number of anilines is 3. The van der Waals surface area contributed by atoms with Crippen molar-refractivity contribution in [2.75, 3.05) is 17.2 Å². The van der Waals surface area contributed by atoms with Gasteiger partial charge in [0.05, 0.1) is 6.61 Å². The maximum Gasteiger partial charge on any atom is 0.412 e. The number of aromatic nitrogens is 2. The van der Waals surface area contributed by atoms with Crippen molar-refractivity contribution in [2.24, 2.45) is 0 Å². The third-order valence-corrected chi connectivity index (χ3v) is 2.71. The molecular weight excluding hydrogens is 284 g/mol. The lowest BCUT2D eigenvalue weighted by Crippen LogP contribution is -2.14. The Kier molecular flexibility index (Phi) is 5.02. The second kappa shape index (κ2) is 7.16. The molecule has 1 aromatic heterocycles. The van der Waals surface area contributed by atoms with E-state index in [0.717, 1.165) is 5.69 Å². The fourth-order valence-electron chi connectivity index (χ4n) is 1.70. The van der Waals surface area contributed by atoms with Crippen LogP contribution in [0.1, 0.15) is 24.2 Å². The molecule has 0 aliphatic carbocycles. The molecule has 0 saturated carbocycles. The van der Waals surface area contributed by atoms with E-state index < -0.39 is 6.09 Å². The minimum absolute atomic E-state index is 0.0104. The number of carbonyl (C=O) groups excluding carboxylic acids is 2. The van der Waals surface area contributed by atoms with Crippen LogP contribution < -0.4 is 10.6 Å². The summed E-state index contributed by atoms with van der Waals surface area (Å²) in [6, 6.07) is 10.3. The lowest BCUT2D eigenvalue weighted by atomic mass is 10.1. The summed E-state index contributed by atoms with van der Waals surface area (Å²) in [7, 11) is 0. The van der Waals surface area contributed by atoms with E-state index in [2.05, 4.69) is 20.8 Å². The number of Topliss-reactive ketones (excluding diaryl/α,β-unsaturated/α-hetero) is 1. The quantitative estimate of drug-likeness (QED) is 0.824. The van der Waals surface area contributed by atoms with E-state index in [1.807, 2.05) is 6.07 Å². The zero-order chi connectivity index (χ0) is 15.9. The predicted octanol–water partition coefficient (Wildman–Crippen LogP) is 2.99. The topological polar surface area (TPSA) is 93.2 Å². The Labute approximate surface area is 127 Å². The molecule has 22 heavy (non-hydrogen) atoms. The highest BCUT2D eigenvalue weighted by molar-refractivity contribution is 5.95. The molecule has 2 N–H and O–H groups in total. The molecule has 2 aromatic rings. The maximum atomic E-state index is 11.3. The summed E-state index contributed by atoms with van der Waals surface area (Å²) in [5.74, 6) is 0.778. The predicted molar refractivity (Wildman–Crippen MR) is 82.4 cm³/mol. The third-order valence-electron chi connectivity index (χ3n) is 2.71. The molecule has 0 spiro atoms. The van der Waals surface area contributed by atoms with Crippen LogP contribution in [0.15, 0.2) is 36.4 Å². The van der Waals surface area contributed by atoms with Crippen molar-refractivity contribution in [1.29, 1.82) is 0 Å². The molecule has 2 rings (SSSR count). The van der Waals surface area contributed by atoms with Gasteiger partial charge in [-0.3, -0.25) is 10.1 Å². The van der Waals surface area contributed by atoms with Crippen LogP contribution in [-0.4, -0.2) is 28.7 Å². The minimum Gasteiger partial charge on any atom is -0.450 e. The molecule has 1 aromatic carbocycles. The van der Waals surface area contributed by atoms with Gasteiger partial charge >= 0.3 is 6.09 Å². The Morgan fingerprint density at radius 2 is 1.86 bits per heavy atom. The monoisotopic (exact) mass is 300 g/mol. The van der Waals surface area contributed by atoms with Crippen molar-refractivity contribution in [1.82, 2.24) is 10.2 Å². The number of nitrogens with one attached hydrogen (secondary N) is 2. The average Bonchev–Trinajstić information content (AvgIpc) is 2.50. The van der Waals surface area contributed by atoms with E-state index in [-0.39, 0.29) is 12.4 Å². The van der Waals surface area contributed by atoms with Gasteiger partial charge in [-0.2, -0.15) is 0 Å². The van der Waals surface area contributed by atoms with Gasteiger partial charge in [-0.15, -0.1) is 10.2 Å². The highest BCUT2D eigenvalue weighted by atomic mass is 16.5. The first kappa shape index (κ1) is 15.4. The lowest BCUT2D eigenvalue weighted by Gasteiger charge is -2.07. The summed E-state index contributed by atoms with van der Waals surface area (Å²) in [5, 5.41) is 13.3. The van der Waals surface area contributed by atoms with Gasteiger partial charge < -0.3 is 10.1 Å². The highest BCUT2D eigenvalue weighted by Crippen LogP contribution is 2.16. The second-order valence-electron chi connectivity index (χ2n) is 4.41. The van der Waals surface area contributed by atoms with E-state index in [0.29, 0.717) is 17.2 Å². The van der Waals surface area contributed by atoms with Gasteiger partial charge in [0, 0.05) is 11.3 Å². The van der Waals surface area contributed by atoms with E-state index in [1.54, 1.807) is 37.3 Å². The van der Waals surface area contributed by atoms with Gasteiger partial charge in [-0.05, 0) is 38.1 Å². The molecule has 0 fully saturated rings. The number of hydrogen-bond donors (Lipinski definition) is 2. The molecular formula is C15H16N4O3. The highest BCUT2D eigenvalue weighted by Gasteiger charge is 2.05. The summed E-state index contributed by atoms with van der Waals surface area (Å²) >= 11 is 0. The number of carbonyl (C=O) groups is 2. The molecule has 0 aliphatic heterocycles. The van der Waals surface area contributed by atoms with Crippen LogP contribution >= 0.6 is 0 Å². The van der Waals surface area contributed by atoms with Crippen molar-refractivity contribution in [2.45, 2.75) is 13.8 Å². The van der Waals surface area contributed by atoms with Gasteiger partial charge in [0.2, 0.25) is 0 Å². The number of benzene rings is 1. The normalized spacial score (nSPS) is 9.91. The van der Waals surface area contributed by atoms with Crippen LogP contribution in [0.5, 0.6) is 0 Å². The number of amides is 1. The SMILES string of the molecule is CCOC(=O)Nc1ccc(Nc2cccc(C(C)=O)c2)nn1. The van der Waals surface area contributed by atoms with E-state index in [1.165, 1.54) is 6.92 Å². The van der Waals surface area contributed by atoms with E-state index >= 15 is 0 Å². The molecule has 0 unspecified atom stereocenters. The van der Waals surface area contributed by atoms with Crippen LogP contribution in [-0.2, 0) is 4.74 Å². The number of hydrogen-bond acceptors (Lipinski definition) is 6. The molecule has 0 radical (unpaired) electrons. The summed E-state index contributed by atoms with van der Waals surface area (Å²) in [5.41, 5.74) is 1.34. The van der Waals surface area contributed by atoms with Crippen molar-refractivity contribution >= 4 is 29.2 Å². The van der Waals surface area contributed by atoms with Crippen molar-refractivity contribution in [3.05, 3.63) is 42.0 Å². The molecule has 0 aliphatic rings. The Morgan fingerprint density at radius 1 is 1.14 bits per heavy atom. The molecule has 114 valence electrons. The number of ketones is 1. The maximum absolute atomic E-state index is 11.3. The summed E-state index contributed by atoms with van der Waals surface area (Å²) in [6.45, 7) is 3.51. The first-order valence-electron chi connectivity index (χ1n) is 6.74. The largest absolute Gasteiger partial charge is 0.450 e. The third kappa shape index (κ3) is 4.27. The fraction of sp³-hybridized carbons (Fsp3) is 0.200. The summed E-state index contributed by atoms with van der Waals surface area (Å²) in [4.78, 5) is 22.6. The average molecular weight is 300 g/mol. The van der Waals surface area contributed by atoms with Gasteiger partial charge in [0.15, 0.2) is 17.4 Å². The Morgan fingerprint density at radius 3 is 2.50 bits per heavy atom. The van der Waals surface area contributed by atoms with Crippen LogP contribution in [0.4, 0.5) is 22.1 Å². The molecule has 0 bridgehead atoms. The minimum atomic E-state index is -0.577. The second-order valence-corrected chi connectivity index (χ2v) is 4.41. The molecule has 0 saturated heterocycles. The van der Waals surface area contributed by atoms with E-state index in [9.17, 15) is 9.59 Å². The van der Waals surface area contributed by atoms with Crippen molar-refractivity contribution < 1.29 is 14.3 Å². The van der Waals surface area contributed by atoms with Crippen LogP contribution in [0, 0.1) is 0 Å². The lowest BCUT2D eigenvalue weighted by molar-refractivity contribution is 0.101. The molecule has 7 heteroatoms. The fourth-order valence-corrected chi connectivity index (χ4v) is 1.70. The first-order chi connectivity index (χ1) is 10.6. The van der Waals surface area contributed by atoms with Crippen molar-refractivity contribution in [3.63, 3.8) is 0 Å². The molecule has 0 atom stereocenters. The number of nitrogens with zero attached hydrogens (tertiary/aromatic N) is 2. The Balaban J connectivity index is 2.03. The molecule has 1 amide bonds. The standard InChI is InChI=1S/C15H16N4O3/c1-3-22-15(21)17-14-8-7-13(18-19-14)16-12-6-4-5-11(9-12)10(2)20/h4-9H,3H2,1-2H3,(H,16,18)(H,17,19,21). The Hall–Kier alpha value is -2.96. The number of rotatable bonds is 5. The first-order valence-corrected chi connectivity index (χ1v) is 6.74. The zero-order valence-corrected chi connectivity index (χ0v) is 12.3. The smallest absolute Gasteiger partial charge is 0.412 e. The van der Waals surface area contributed by atoms with Gasteiger partial charge in [-0.25, -0.2) is 4.79 Å². The molecule has 7 nitrogen and oxygen atoms in total. The van der Waals surface area contributed by atoms with Gasteiger partial charge in [0.25, 0.3) is 0 Å². The van der Waals surface area contributed by atoms with Crippen LogP contribution in [0.2, 0.25) is 0 Å². The van der Waals surface area contributed by atoms with Crippen molar-refractivity contribution in [3.8, 4) is 0 Å².